The molecular weight excluding hydrogens is 1690 g/mol. The molecule has 29 heteroatoms. The fourth-order valence-corrected chi connectivity index (χ4v) is 9.48. The van der Waals surface area contributed by atoms with Crippen molar-refractivity contribution in [2.75, 3.05) is 49.2 Å². The second-order valence-electron chi connectivity index (χ2n) is 27.6. The number of nitrogens with one attached hydrogen (secondary N) is 3. The van der Waals surface area contributed by atoms with Crippen LogP contribution in [-0.2, 0) is 38.1 Å². The fourth-order valence-electron chi connectivity index (χ4n) is 9.25. The second-order valence-corrected chi connectivity index (χ2v) is 28.0. The summed E-state index contributed by atoms with van der Waals surface area (Å²) in [7, 11) is 7.39. The van der Waals surface area contributed by atoms with E-state index in [2.05, 4.69) is 167 Å². The number of methoxy groups -OCH3 is 5. The number of amides is 2. The van der Waals surface area contributed by atoms with Gasteiger partial charge in [-0.05, 0) is 277 Å². The number of Topliss-reactive ketones (excluding diaryl/α,β-unsaturated/α-hetero) is 1. The van der Waals surface area contributed by atoms with E-state index in [4.69, 9.17) is 16.6 Å². The average Bonchev–Trinajstić information content (AvgIpc) is 1.79. The molecular formula is C96H88BrF6N3O19. The quantitative estimate of drug-likeness (QED) is 0.0162. The third-order valence-electron chi connectivity index (χ3n) is 17.5. The molecule has 22 nitrogen and oxygen atoms in total. The van der Waals surface area contributed by atoms with E-state index in [9.17, 15) is 84.8 Å². The van der Waals surface area contributed by atoms with Crippen LogP contribution < -0.4 is 16.0 Å². The number of aliphatic hydroxyl groups excluding tert-OH is 1. The number of likely N-dealkylation sites (N-methyl/N-ethyl adjacent to an activating group) is 1. The van der Waals surface area contributed by atoms with Crippen LogP contribution in [0.15, 0.2) is 146 Å². The maximum absolute atomic E-state index is 13.0. The number of aliphatic hydroxyl groups is 4. The molecule has 4 fully saturated rings. The van der Waals surface area contributed by atoms with Crippen LogP contribution in [0.1, 0.15) is 168 Å². The Kier molecular flexibility index (Phi) is 44.1. The number of rotatable bonds is 19. The Balaban J connectivity index is 0.000000313. The monoisotopic (exact) mass is 1780 g/mol. The van der Waals surface area contributed by atoms with Crippen molar-refractivity contribution in [2.24, 2.45) is 23.7 Å². The van der Waals surface area contributed by atoms with E-state index in [0.717, 1.165) is 82.9 Å². The zero-order valence-electron chi connectivity index (χ0n) is 69.2. The van der Waals surface area contributed by atoms with Crippen LogP contribution >= 0.6 is 15.9 Å². The highest BCUT2D eigenvalue weighted by Crippen LogP contribution is 2.30. The standard InChI is InChI=1S/2C20H19F2NO4.C15H12O2.C14H10O2.C10H7BrO2.C10H8O2.C7H13F2NO3/c1-20(26,19(21)22)16(18(25)27-2)23-17(24)15-11-9-14(10-12-15)6-4-3-5-13-7-8-13;1-20(27,19(21)22)17(16(25)12-24)23-18(26)15-10-8-14(9-11-15)5-3-2-4-13-6-7-13;1-17-15(16)14-10-8-13(9-11-14)5-3-2-4-12-6-7-12;15-14(16)13-9-7-12(8-10-13)4-2-1-3-11-5-6-11;1-13-10(12)9-4-2-8(3-5-9)6-7-11;1-3-8-4-6-9(7-5-8)10(11)12-2;1-7(12,6(8)9)4(10-2)5(11)13-3/h9-13,16,19,26H,7-8H2,1-2H3,(H,23,24);8-11,13,17,19,24,27H,6-7,12H2,1H3,(H,23,26);8-12H,6-7H2,1H3;7-11H,5-6H2,(H,15,16);2-5H,1H3;1,4-7H,2H3;4,6,10,12H,1-3H3/t16-,20+;17-,20+;;;;;4-,7+/m11....1/s1. The number of benzene rings is 6. The molecule has 2 amide bonds. The van der Waals surface area contributed by atoms with E-state index < -0.39 is 96.3 Å². The minimum atomic E-state index is -3.30. The number of hydrogen-bond donors (Lipinski definition) is 8. The van der Waals surface area contributed by atoms with Crippen LogP contribution in [0.2, 0.25) is 0 Å². The number of hydrogen-bond acceptors (Lipinski definition) is 19. The van der Waals surface area contributed by atoms with Gasteiger partial charge in [0, 0.05) is 84.1 Å². The summed E-state index contributed by atoms with van der Waals surface area (Å²) in [5.74, 6) is 46.2. The molecule has 6 aromatic carbocycles. The SMILES string of the molecule is C#Cc1ccc(C(=O)OC)cc1.CN[C@H](C(=O)OC)[C@](C)(O)C(F)F.COC(=O)[C@@H](NC(=O)c1ccc(C#CC#CC2CC2)cc1)[C@](C)(O)C(F)F.COC(=O)c1ccc(C#CBr)cc1.COC(=O)c1ccc(C#CC#CC2CC2)cc1.C[C@@](O)(C(F)F)[C@H](NC(=O)c1ccc(C#CC#CC2CC2)cc1)C(=O)CO.O=C(O)c1ccc(C#CC#CC2CC2)cc1. The molecule has 125 heavy (non-hydrogen) atoms. The molecule has 0 heterocycles. The van der Waals surface area contributed by atoms with Gasteiger partial charge in [0.25, 0.3) is 31.1 Å². The van der Waals surface area contributed by atoms with Crippen molar-refractivity contribution in [3.8, 4) is 118 Å². The molecule has 10 rings (SSSR count). The van der Waals surface area contributed by atoms with E-state index in [1.54, 1.807) is 121 Å². The van der Waals surface area contributed by atoms with Crippen molar-refractivity contribution in [3.05, 3.63) is 212 Å². The first-order valence-electron chi connectivity index (χ1n) is 37.8. The van der Waals surface area contributed by atoms with Crippen molar-refractivity contribution in [1.82, 2.24) is 16.0 Å². The summed E-state index contributed by atoms with van der Waals surface area (Å²) in [5.41, 5.74) is -1.51. The number of halogens is 7. The summed E-state index contributed by atoms with van der Waals surface area (Å²) >= 11 is 2.99. The van der Waals surface area contributed by atoms with Gasteiger partial charge in [-0.25, -0.2) is 50.3 Å². The van der Waals surface area contributed by atoms with Crippen molar-refractivity contribution in [1.29, 1.82) is 0 Å². The van der Waals surface area contributed by atoms with Gasteiger partial charge in [0.2, 0.25) is 0 Å². The first-order valence-corrected chi connectivity index (χ1v) is 38.6. The van der Waals surface area contributed by atoms with Crippen LogP contribution in [0.25, 0.3) is 0 Å². The lowest BCUT2D eigenvalue weighted by atomic mass is 9.93. The van der Waals surface area contributed by atoms with Crippen molar-refractivity contribution in [3.63, 3.8) is 0 Å². The summed E-state index contributed by atoms with van der Waals surface area (Å²) in [6, 6.07) is 33.6. The van der Waals surface area contributed by atoms with Crippen LogP contribution in [0.5, 0.6) is 0 Å². The van der Waals surface area contributed by atoms with Crippen molar-refractivity contribution < 1.29 is 119 Å². The third kappa shape index (κ3) is 37.6. The van der Waals surface area contributed by atoms with E-state index in [1.807, 2.05) is 0 Å². The van der Waals surface area contributed by atoms with Gasteiger partial charge in [0.05, 0.1) is 57.8 Å². The zero-order chi connectivity index (χ0) is 92.8. The molecule has 4 aliphatic carbocycles. The van der Waals surface area contributed by atoms with Crippen LogP contribution in [0.3, 0.4) is 0 Å². The molecule has 0 aromatic heterocycles. The lowest BCUT2D eigenvalue weighted by molar-refractivity contribution is -0.161. The minimum Gasteiger partial charge on any atom is -0.478 e. The molecule has 0 radical (unpaired) electrons. The Labute approximate surface area is 729 Å². The van der Waals surface area contributed by atoms with Crippen LogP contribution in [0, 0.1) is 141 Å². The van der Waals surface area contributed by atoms with E-state index in [0.29, 0.717) is 51.5 Å². The van der Waals surface area contributed by atoms with E-state index in [1.165, 1.54) is 78.3 Å². The lowest BCUT2D eigenvalue weighted by Crippen LogP contribution is -2.59. The maximum Gasteiger partial charge on any atom is 0.337 e. The smallest absolute Gasteiger partial charge is 0.337 e. The summed E-state index contributed by atoms with van der Waals surface area (Å²) < 4.78 is 98.9. The van der Waals surface area contributed by atoms with Crippen LogP contribution in [0.4, 0.5) is 26.3 Å². The molecule has 8 N–H and O–H groups in total. The summed E-state index contributed by atoms with van der Waals surface area (Å²) in [4.78, 5) is 105. The van der Waals surface area contributed by atoms with Gasteiger partial charge < -0.3 is 65.2 Å². The van der Waals surface area contributed by atoms with E-state index >= 15 is 0 Å². The number of esters is 5. The Morgan fingerprint density at radius 2 is 0.640 bits per heavy atom. The van der Waals surface area contributed by atoms with Gasteiger partial charge in [-0.2, -0.15) is 0 Å². The molecule has 4 aliphatic rings. The van der Waals surface area contributed by atoms with Crippen molar-refractivity contribution in [2.45, 2.75) is 126 Å². The Hall–Kier alpha value is -13.8. The highest BCUT2D eigenvalue weighted by atomic mass is 79.9. The van der Waals surface area contributed by atoms with Gasteiger partial charge in [-0.3, -0.25) is 19.2 Å². The lowest BCUT2D eigenvalue weighted by Gasteiger charge is -2.31. The first-order chi connectivity index (χ1) is 59.5. The number of terminal acetylenes is 1. The number of carbonyl (C=O) groups excluding carboxylic acids is 8. The Bertz CT molecular complexity index is 5240. The number of aromatic carboxylic acids is 1. The molecule has 650 valence electrons. The fraction of sp³-hybridized carbons (Fsp3) is 0.323. The van der Waals surface area contributed by atoms with Crippen LogP contribution in [-0.4, -0.2) is 182 Å². The summed E-state index contributed by atoms with van der Waals surface area (Å²) in [6.07, 6.45) is 4.81. The molecule has 0 bridgehead atoms. The van der Waals surface area contributed by atoms with Gasteiger partial charge in [-0.15, -0.1) is 6.42 Å². The topological polar surface area (TPSA) is 337 Å². The van der Waals surface area contributed by atoms with Crippen molar-refractivity contribution >= 4 is 69.3 Å². The molecule has 4 saturated carbocycles. The summed E-state index contributed by atoms with van der Waals surface area (Å²) in [5, 5.41) is 53.0. The largest absolute Gasteiger partial charge is 0.478 e. The van der Waals surface area contributed by atoms with Gasteiger partial charge in [0.15, 0.2) is 17.4 Å². The molecule has 0 saturated heterocycles. The third-order valence-corrected chi connectivity index (χ3v) is 17.7. The predicted octanol–water partition coefficient (Wildman–Crippen LogP) is 10.6. The highest BCUT2D eigenvalue weighted by molar-refractivity contribution is 9.12. The van der Waals surface area contributed by atoms with Gasteiger partial charge >= 0.3 is 35.8 Å². The summed E-state index contributed by atoms with van der Waals surface area (Å²) in [6.45, 7) is 1.25. The molecule has 0 aliphatic heterocycles. The number of carboxylic acid groups (broad SMARTS) is 1. The highest BCUT2D eigenvalue weighted by Gasteiger charge is 2.48. The molecule has 0 unspecified atom stereocenters. The normalized spacial score (nSPS) is 14.0. The number of carboxylic acids is 1. The van der Waals surface area contributed by atoms with E-state index in [-0.39, 0.29) is 34.6 Å². The predicted molar refractivity (Wildman–Crippen MR) is 454 cm³/mol. The Morgan fingerprint density at radius 1 is 0.392 bits per heavy atom. The maximum atomic E-state index is 13.0. The first kappa shape index (κ1) is 104. The number of ether oxygens (including phenoxy) is 5. The number of carbonyl (C=O) groups is 9. The number of alkyl halides is 6. The van der Waals surface area contributed by atoms with Gasteiger partial charge in [-0.1, -0.05) is 59.2 Å². The van der Waals surface area contributed by atoms with Gasteiger partial charge in [0.1, 0.15) is 29.9 Å². The zero-order valence-corrected chi connectivity index (χ0v) is 70.8. The number of ketones is 1. The Morgan fingerprint density at radius 3 is 0.880 bits per heavy atom. The average molecular weight is 1780 g/mol. The molecule has 0 spiro atoms. The minimum absolute atomic E-state index is 0.0884. The second kappa shape index (κ2) is 53.2. The molecule has 6 aromatic rings. The molecule has 6 atom stereocenters.